The van der Waals surface area contributed by atoms with Crippen LogP contribution in [0.25, 0.3) is 0 Å². The van der Waals surface area contributed by atoms with Crippen LogP contribution in [0, 0.1) is 5.92 Å². The lowest BCUT2D eigenvalue weighted by Crippen LogP contribution is -2.50. The zero-order valence-electron chi connectivity index (χ0n) is 10.3. The van der Waals surface area contributed by atoms with Crippen molar-refractivity contribution >= 4 is 5.97 Å². The number of carbonyl (C=O) groups is 1. The summed E-state index contributed by atoms with van der Waals surface area (Å²) in [5.41, 5.74) is 0. The molecule has 6 heteroatoms. The van der Waals surface area contributed by atoms with Crippen LogP contribution in [0.5, 0.6) is 0 Å². The molecule has 0 amide bonds. The fraction of sp³-hybridized carbons (Fsp3) is 0.909. The number of methoxy groups -OCH3 is 1. The topological polar surface area (TPSA) is 41.6 Å². The van der Waals surface area contributed by atoms with Gasteiger partial charge in [0.05, 0.1) is 20.2 Å². The van der Waals surface area contributed by atoms with Crippen molar-refractivity contribution in [3.63, 3.8) is 0 Å². The molecule has 2 unspecified atom stereocenters. The Bertz CT molecular complexity index is 252. The maximum Gasteiger partial charge on any atom is 0.319 e. The summed E-state index contributed by atoms with van der Waals surface area (Å²) < 4.78 is 28.8. The third kappa shape index (κ3) is 5.41. The highest BCUT2D eigenvalue weighted by atomic mass is 19.3. The number of halogens is 2. The van der Waals surface area contributed by atoms with E-state index >= 15 is 0 Å². The predicted molar refractivity (Wildman–Crippen MR) is 60.0 cm³/mol. The van der Waals surface area contributed by atoms with Crippen LogP contribution in [0.2, 0.25) is 0 Å². The van der Waals surface area contributed by atoms with E-state index in [0.29, 0.717) is 12.5 Å². The van der Waals surface area contributed by atoms with Gasteiger partial charge in [-0.2, -0.15) is 0 Å². The highest BCUT2D eigenvalue weighted by molar-refractivity contribution is 5.71. The Morgan fingerprint density at radius 1 is 1.53 bits per heavy atom. The van der Waals surface area contributed by atoms with Crippen molar-refractivity contribution in [3.05, 3.63) is 0 Å². The van der Waals surface area contributed by atoms with Gasteiger partial charge in [0, 0.05) is 19.1 Å². The molecule has 1 fully saturated rings. The molecular weight excluding hydrogens is 230 g/mol. The van der Waals surface area contributed by atoms with Gasteiger partial charge in [-0.15, -0.1) is 0 Å². The number of esters is 1. The number of rotatable bonds is 5. The number of piperidine rings is 1. The molecule has 2 atom stereocenters. The third-order valence-corrected chi connectivity index (χ3v) is 2.88. The van der Waals surface area contributed by atoms with Crippen molar-refractivity contribution in [1.29, 1.82) is 0 Å². The van der Waals surface area contributed by atoms with Gasteiger partial charge in [0.15, 0.2) is 0 Å². The maximum absolute atomic E-state index is 12.1. The molecule has 1 aliphatic rings. The lowest BCUT2D eigenvalue weighted by Gasteiger charge is -2.36. The second-order valence-electron chi connectivity index (χ2n) is 4.61. The molecule has 1 N–H and O–H groups in total. The molecule has 1 saturated heterocycles. The Morgan fingerprint density at radius 3 is 2.82 bits per heavy atom. The normalized spacial score (nSPS) is 26.2. The first kappa shape index (κ1) is 14.3. The van der Waals surface area contributed by atoms with E-state index in [0.717, 1.165) is 13.0 Å². The van der Waals surface area contributed by atoms with Gasteiger partial charge < -0.3 is 10.1 Å². The van der Waals surface area contributed by atoms with Gasteiger partial charge in [-0.05, 0) is 12.3 Å². The molecule has 0 aromatic rings. The monoisotopic (exact) mass is 250 g/mol. The fourth-order valence-corrected chi connectivity index (χ4v) is 2.24. The Morgan fingerprint density at radius 2 is 2.24 bits per heavy atom. The van der Waals surface area contributed by atoms with Crippen LogP contribution in [0.3, 0.4) is 0 Å². The smallest absolute Gasteiger partial charge is 0.319 e. The molecular formula is C11H20F2N2O2. The summed E-state index contributed by atoms with van der Waals surface area (Å²) >= 11 is 0. The van der Waals surface area contributed by atoms with Crippen LogP contribution >= 0.6 is 0 Å². The van der Waals surface area contributed by atoms with Gasteiger partial charge in [-0.1, -0.05) is 6.92 Å². The lowest BCUT2D eigenvalue weighted by molar-refractivity contribution is -0.142. The van der Waals surface area contributed by atoms with E-state index in [2.05, 4.69) is 17.0 Å². The second-order valence-corrected chi connectivity index (χ2v) is 4.61. The number of likely N-dealkylation sites (tertiary alicyclic amines) is 1. The number of nitrogens with one attached hydrogen (secondary N) is 1. The van der Waals surface area contributed by atoms with E-state index in [1.54, 1.807) is 0 Å². The summed E-state index contributed by atoms with van der Waals surface area (Å²) in [5.74, 6) is 0.107. The molecule has 0 aromatic carbocycles. The molecule has 100 valence electrons. The van der Waals surface area contributed by atoms with Crippen molar-refractivity contribution < 1.29 is 18.3 Å². The summed E-state index contributed by atoms with van der Waals surface area (Å²) in [7, 11) is 1.35. The second kappa shape index (κ2) is 6.86. The number of hydrogen-bond acceptors (Lipinski definition) is 4. The number of carbonyl (C=O) groups excluding carboxylic acids is 1. The molecule has 0 radical (unpaired) electrons. The molecule has 4 nitrogen and oxygen atoms in total. The van der Waals surface area contributed by atoms with Crippen LogP contribution in [0.1, 0.15) is 13.3 Å². The zero-order chi connectivity index (χ0) is 12.8. The van der Waals surface area contributed by atoms with E-state index in [9.17, 15) is 13.6 Å². The van der Waals surface area contributed by atoms with Crippen LogP contribution in [0.4, 0.5) is 8.78 Å². The van der Waals surface area contributed by atoms with E-state index < -0.39 is 6.43 Å². The quantitative estimate of drug-likeness (QED) is 0.730. The summed E-state index contributed by atoms with van der Waals surface area (Å²) in [6.07, 6.45) is -1.47. The first-order valence-corrected chi connectivity index (χ1v) is 5.82. The molecule has 1 aliphatic heterocycles. The fourth-order valence-electron chi connectivity index (χ4n) is 2.24. The summed E-state index contributed by atoms with van der Waals surface area (Å²) in [6.45, 7) is 3.42. The Kier molecular flexibility index (Phi) is 5.77. The average molecular weight is 250 g/mol. The molecule has 0 bridgehead atoms. The van der Waals surface area contributed by atoms with Gasteiger partial charge in [0.1, 0.15) is 0 Å². The van der Waals surface area contributed by atoms with Crippen LogP contribution in [-0.4, -0.2) is 56.6 Å². The van der Waals surface area contributed by atoms with Gasteiger partial charge in [0.25, 0.3) is 6.43 Å². The van der Waals surface area contributed by atoms with Crippen LogP contribution < -0.4 is 5.32 Å². The number of nitrogens with zero attached hydrogens (tertiary/aromatic N) is 1. The largest absolute Gasteiger partial charge is 0.468 e. The molecule has 0 aromatic heterocycles. The summed E-state index contributed by atoms with van der Waals surface area (Å²) in [4.78, 5) is 13.1. The van der Waals surface area contributed by atoms with Crippen molar-refractivity contribution in [2.75, 3.05) is 33.3 Å². The number of hydrogen-bond donors (Lipinski definition) is 1. The minimum absolute atomic E-state index is 0.0254. The minimum Gasteiger partial charge on any atom is -0.468 e. The van der Waals surface area contributed by atoms with E-state index in [1.807, 2.05) is 4.90 Å². The highest BCUT2D eigenvalue weighted by Crippen LogP contribution is 2.16. The van der Waals surface area contributed by atoms with Crippen molar-refractivity contribution in [1.82, 2.24) is 10.2 Å². The minimum atomic E-state index is -2.33. The molecule has 17 heavy (non-hydrogen) atoms. The van der Waals surface area contributed by atoms with Gasteiger partial charge in [-0.3, -0.25) is 9.69 Å². The standard InChI is InChI=1S/C11H20F2N2O2/c1-8-3-9(14-4-10(12)13)6-15(5-8)7-11(16)17-2/h8-10,14H,3-7H2,1-2H3. The average Bonchev–Trinajstić information content (AvgIpc) is 2.25. The van der Waals surface area contributed by atoms with Crippen LogP contribution in [0.15, 0.2) is 0 Å². The van der Waals surface area contributed by atoms with Crippen LogP contribution in [-0.2, 0) is 9.53 Å². The van der Waals surface area contributed by atoms with Crippen molar-refractivity contribution in [2.24, 2.45) is 5.92 Å². The van der Waals surface area contributed by atoms with Gasteiger partial charge in [0.2, 0.25) is 0 Å². The third-order valence-electron chi connectivity index (χ3n) is 2.88. The molecule has 0 aliphatic carbocycles. The maximum atomic E-state index is 12.1. The Hall–Kier alpha value is -0.750. The predicted octanol–water partition coefficient (Wildman–Crippen LogP) is 0.724. The van der Waals surface area contributed by atoms with Crippen molar-refractivity contribution in [2.45, 2.75) is 25.8 Å². The van der Waals surface area contributed by atoms with Gasteiger partial charge >= 0.3 is 5.97 Å². The summed E-state index contributed by atoms with van der Waals surface area (Å²) in [5, 5.41) is 2.83. The van der Waals surface area contributed by atoms with Crippen molar-refractivity contribution in [3.8, 4) is 0 Å². The summed E-state index contributed by atoms with van der Waals surface area (Å²) in [6, 6.07) is 0.0254. The Balaban J connectivity index is 2.39. The van der Waals surface area contributed by atoms with E-state index in [1.165, 1.54) is 7.11 Å². The first-order valence-electron chi connectivity index (χ1n) is 5.82. The SMILES string of the molecule is COC(=O)CN1CC(C)CC(NCC(F)F)C1. The first-order chi connectivity index (χ1) is 8.01. The molecule has 1 rings (SSSR count). The van der Waals surface area contributed by atoms with Gasteiger partial charge in [-0.25, -0.2) is 8.78 Å². The zero-order valence-corrected chi connectivity index (χ0v) is 10.3. The highest BCUT2D eigenvalue weighted by Gasteiger charge is 2.26. The molecule has 0 spiro atoms. The molecule has 0 saturated carbocycles. The number of ether oxygens (including phenoxy) is 1. The van der Waals surface area contributed by atoms with E-state index in [4.69, 9.17) is 0 Å². The Labute approximate surface area is 100 Å². The lowest BCUT2D eigenvalue weighted by atomic mass is 9.96. The number of alkyl halides is 2. The molecule has 1 heterocycles. The van der Waals surface area contributed by atoms with E-state index in [-0.39, 0.29) is 25.1 Å².